The molecule has 1 amide bonds. The molecule has 1 saturated carbocycles. The molecular weight excluding hydrogens is 310 g/mol. The topological polar surface area (TPSA) is 42.2 Å². The van der Waals surface area contributed by atoms with E-state index in [0.29, 0.717) is 24.3 Å². The first kappa shape index (κ1) is 16.2. The molecule has 25 heavy (non-hydrogen) atoms. The zero-order valence-electron chi connectivity index (χ0n) is 14.9. The molecule has 3 nitrogen and oxygen atoms in total. The van der Waals surface area contributed by atoms with E-state index in [1.165, 1.54) is 18.2 Å². The molecule has 0 spiro atoms. The van der Waals surface area contributed by atoms with E-state index < -0.39 is 0 Å². The van der Waals surface area contributed by atoms with Crippen LogP contribution in [-0.4, -0.2) is 11.9 Å². The summed E-state index contributed by atoms with van der Waals surface area (Å²) in [7, 11) is 0. The van der Waals surface area contributed by atoms with E-state index in [1.807, 2.05) is 18.2 Å². The van der Waals surface area contributed by atoms with Gasteiger partial charge in [0.1, 0.15) is 5.58 Å². The Morgan fingerprint density at radius 1 is 1.16 bits per heavy atom. The predicted octanol–water partition coefficient (Wildman–Crippen LogP) is 5.07. The van der Waals surface area contributed by atoms with Gasteiger partial charge in [-0.1, -0.05) is 57.0 Å². The van der Waals surface area contributed by atoms with Gasteiger partial charge in [-0.25, -0.2) is 0 Å². The number of amides is 1. The van der Waals surface area contributed by atoms with Gasteiger partial charge in [-0.3, -0.25) is 4.79 Å². The highest BCUT2D eigenvalue weighted by atomic mass is 16.3. The van der Waals surface area contributed by atoms with E-state index in [-0.39, 0.29) is 5.91 Å². The van der Waals surface area contributed by atoms with Crippen molar-refractivity contribution in [2.45, 2.75) is 45.6 Å². The van der Waals surface area contributed by atoms with E-state index in [0.717, 1.165) is 28.3 Å². The van der Waals surface area contributed by atoms with Crippen molar-refractivity contribution in [1.29, 1.82) is 0 Å². The zero-order chi connectivity index (χ0) is 17.4. The Labute approximate surface area is 148 Å². The Kier molecular flexibility index (Phi) is 4.24. The number of rotatable bonds is 3. The molecule has 1 aliphatic rings. The highest BCUT2D eigenvalue weighted by Gasteiger charge is 2.28. The smallest absolute Gasteiger partial charge is 0.224 e. The van der Waals surface area contributed by atoms with Crippen LogP contribution in [0.3, 0.4) is 0 Å². The number of benzene rings is 2. The molecule has 3 heteroatoms. The van der Waals surface area contributed by atoms with Gasteiger partial charge in [0, 0.05) is 17.0 Å². The Bertz CT molecular complexity index is 911. The molecule has 1 heterocycles. The molecule has 0 bridgehead atoms. The molecule has 1 fully saturated rings. The number of carbonyl (C=O) groups is 1. The summed E-state index contributed by atoms with van der Waals surface area (Å²) in [5.41, 5.74) is 1.82. The Balaban J connectivity index is 1.58. The molecule has 3 atom stereocenters. The minimum absolute atomic E-state index is 0.0987. The first-order valence-electron chi connectivity index (χ1n) is 9.30. The number of nitrogens with one attached hydrogen (secondary N) is 1. The summed E-state index contributed by atoms with van der Waals surface area (Å²) in [5.74, 6) is 1.32. The summed E-state index contributed by atoms with van der Waals surface area (Å²) in [6.45, 7) is 4.55. The summed E-state index contributed by atoms with van der Waals surface area (Å²) in [4.78, 5) is 12.7. The molecule has 0 aliphatic heterocycles. The van der Waals surface area contributed by atoms with Gasteiger partial charge in [0.15, 0.2) is 0 Å². The van der Waals surface area contributed by atoms with E-state index in [4.69, 9.17) is 4.42 Å². The lowest BCUT2D eigenvalue weighted by Crippen LogP contribution is -2.44. The molecule has 4 rings (SSSR count). The summed E-state index contributed by atoms with van der Waals surface area (Å²) in [6.07, 6.45) is 5.68. The van der Waals surface area contributed by atoms with E-state index in [9.17, 15) is 4.79 Å². The molecule has 0 unspecified atom stereocenters. The molecule has 0 saturated heterocycles. The molecule has 1 N–H and O–H groups in total. The SMILES string of the molecule is C[C@@H]1[C@@H](C)CCC[C@H]1NC(=O)Cc1coc2ccc3ccccc3c12. The van der Waals surface area contributed by atoms with Crippen LogP contribution in [0.5, 0.6) is 0 Å². The van der Waals surface area contributed by atoms with Gasteiger partial charge in [-0.05, 0) is 35.1 Å². The fraction of sp³-hybridized carbons (Fsp3) is 0.409. The van der Waals surface area contributed by atoms with Gasteiger partial charge < -0.3 is 9.73 Å². The summed E-state index contributed by atoms with van der Waals surface area (Å²) < 4.78 is 5.71. The molecule has 2 aromatic carbocycles. The van der Waals surface area contributed by atoms with Crippen LogP contribution in [0.25, 0.3) is 21.7 Å². The van der Waals surface area contributed by atoms with E-state index in [1.54, 1.807) is 6.26 Å². The number of hydrogen-bond acceptors (Lipinski definition) is 2. The fourth-order valence-electron chi connectivity index (χ4n) is 4.22. The number of hydrogen-bond donors (Lipinski definition) is 1. The average molecular weight is 335 g/mol. The van der Waals surface area contributed by atoms with Gasteiger partial charge in [-0.15, -0.1) is 0 Å². The maximum absolute atomic E-state index is 12.7. The van der Waals surface area contributed by atoms with Crippen molar-refractivity contribution >= 4 is 27.6 Å². The van der Waals surface area contributed by atoms with Crippen LogP contribution in [0.2, 0.25) is 0 Å². The Hall–Kier alpha value is -2.29. The third-order valence-corrected chi connectivity index (χ3v) is 5.94. The van der Waals surface area contributed by atoms with E-state index in [2.05, 4.69) is 37.4 Å². The predicted molar refractivity (Wildman–Crippen MR) is 102 cm³/mol. The van der Waals surface area contributed by atoms with Gasteiger partial charge in [0.2, 0.25) is 5.91 Å². The van der Waals surface area contributed by atoms with Crippen molar-refractivity contribution in [1.82, 2.24) is 5.32 Å². The van der Waals surface area contributed by atoms with Crippen LogP contribution in [0.15, 0.2) is 47.1 Å². The number of furan rings is 1. The molecule has 0 radical (unpaired) electrons. The van der Waals surface area contributed by atoms with Gasteiger partial charge in [0.05, 0.1) is 12.7 Å². The minimum Gasteiger partial charge on any atom is -0.464 e. The Morgan fingerprint density at radius 3 is 2.88 bits per heavy atom. The first-order valence-corrected chi connectivity index (χ1v) is 9.30. The second-order valence-corrected chi connectivity index (χ2v) is 7.54. The maximum atomic E-state index is 12.7. The van der Waals surface area contributed by atoms with Crippen LogP contribution in [0.4, 0.5) is 0 Å². The van der Waals surface area contributed by atoms with Crippen LogP contribution in [0, 0.1) is 11.8 Å². The van der Waals surface area contributed by atoms with Crippen LogP contribution >= 0.6 is 0 Å². The molecule has 3 aromatic rings. The fourth-order valence-corrected chi connectivity index (χ4v) is 4.22. The highest BCUT2D eigenvalue weighted by Crippen LogP contribution is 2.31. The van der Waals surface area contributed by atoms with Crippen molar-refractivity contribution in [3.05, 3.63) is 48.2 Å². The quantitative estimate of drug-likeness (QED) is 0.726. The number of carbonyl (C=O) groups excluding carboxylic acids is 1. The molecular formula is C22H25NO2. The summed E-state index contributed by atoms with van der Waals surface area (Å²) in [5, 5.41) is 6.66. The van der Waals surface area contributed by atoms with Crippen molar-refractivity contribution in [2.24, 2.45) is 11.8 Å². The highest BCUT2D eigenvalue weighted by molar-refractivity contribution is 6.08. The molecule has 1 aliphatic carbocycles. The minimum atomic E-state index is 0.0987. The molecule has 1 aromatic heterocycles. The second kappa shape index (κ2) is 6.55. The van der Waals surface area contributed by atoms with Crippen LogP contribution in [0.1, 0.15) is 38.7 Å². The van der Waals surface area contributed by atoms with Gasteiger partial charge >= 0.3 is 0 Å². The van der Waals surface area contributed by atoms with Crippen LogP contribution in [-0.2, 0) is 11.2 Å². The van der Waals surface area contributed by atoms with Crippen molar-refractivity contribution < 1.29 is 9.21 Å². The van der Waals surface area contributed by atoms with Gasteiger partial charge in [-0.2, -0.15) is 0 Å². The van der Waals surface area contributed by atoms with Gasteiger partial charge in [0.25, 0.3) is 0 Å². The van der Waals surface area contributed by atoms with Crippen molar-refractivity contribution in [3.63, 3.8) is 0 Å². The maximum Gasteiger partial charge on any atom is 0.224 e. The largest absolute Gasteiger partial charge is 0.464 e. The monoisotopic (exact) mass is 335 g/mol. The number of fused-ring (bicyclic) bond motifs is 3. The lowest BCUT2D eigenvalue weighted by Gasteiger charge is -2.34. The standard InChI is InChI=1S/C22H25NO2/c1-14-6-5-9-19(15(14)2)23-21(24)12-17-13-25-20-11-10-16-7-3-4-8-18(16)22(17)20/h3-4,7-8,10-11,13-15,19H,5-6,9,12H2,1-2H3,(H,23,24)/t14-,15+,19+/m0/s1. The first-order chi connectivity index (χ1) is 12.1. The van der Waals surface area contributed by atoms with Crippen molar-refractivity contribution in [3.8, 4) is 0 Å². The normalized spacial score (nSPS) is 23.8. The summed E-state index contributed by atoms with van der Waals surface area (Å²) >= 11 is 0. The average Bonchev–Trinajstić information content (AvgIpc) is 3.02. The lowest BCUT2D eigenvalue weighted by atomic mass is 9.78. The van der Waals surface area contributed by atoms with Crippen LogP contribution < -0.4 is 5.32 Å². The van der Waals surface area contributed by atoms with E-state index >= 15 is 0 Å². The Morgan fingerprint density at radius 2 is 2.00 bits per heavy atom. The second-order valence-electron chi connectivity index (χ2n) is 7.54. The molecule has 130 valence electrons. The third-order valence-electron chi connectivity index (χ3n) is 5.94. The zero-order valence-corrected chi connectivity index (χ0v) is 14.9. The lowest BCUT2D eigenvalue weighted by molar-refractivity contribution is -0.121. The summed E-state index contributed by atoms with van der Waals surface area (Å²) in [6, 6.07) is 12.6. The van der Waals surface area contributed by atoms with Crippen molar-refractivity contribution in [2.75, 3.05) is 0 Å². The third kappa shape index (κ3) is 3.04.